The van der Waals surface area contributed by atoms with Gasteiger partial charge < -0.3 is 9.76 Å². The van der Waals surface area contributed by atoms with Crippen molar-refractivity contribution in [3.05, 3.63) is 0 Å². The van der Waals surface area contributed by atoms with Gasteiger partial charge in [-0.3, -0.25) is 0 Å². The van der Waals surface area contributed by atoms with Gasteiger partial charge in [0.05, 0.1) is 8.41 Å². The number of hydrogen-bond donors (Lipinski definition) is 1. The molecule has 9 heteroatoms. The minimum absolute atomic E-state index is 0. The molecular formula is C2H13Al2B2LiO4. The summed E-state index contributed by atoms with van der Waals surface area (Å²) in [4.78, 5) is 19.1. The van der Waals surface area contributed by atoms with E-state index in [1.165, 1.54) is 0 Å². The quantitative estimate of drug-likeness (QED) is 0.300. The Bertz CT molecular complexity index is 112. The second kappa shape index (κ2) is 17.0. The molecule has 0 amide bonds. The van der Waals surface area contributed by atoms with E-state index in [-0.39, 0.29) is 62.0 Å². The van der Waals surface area contributed by atoms with Crippen LogP contribution in [0.2, 0.25) is 0 Å². The topological polar surface area (TPSA) is 63.6 Å². The molecule has 0 aliphatic heterocycles. The monoisotopic (exact) mass is 184 g/mol. The van der Waals surface area contributed by atoms with Crippen molar-refractivity contribution >= 4 is 82.0 Å². The van der Waals surface area contributed by atoms with Crippen LogP contribution in [-0.2, 0) is 14.2 Å². The molecule has 4 nitrogen and oxygen atoms in total. The van der Waals surface area contributed by atoms with E-state index < -0.39 is 11.9 Å². The van der Waals surface area contributed by atoms with Gasteiger partial charge in [-0.1, -0.05) is 0 Å². The van der Waals surface area contributed by atoms with E-state index >= 15 is 0 Å². The molecule has 0 heterocycles. The molecule has 0 spiro atoms. The van der Waals surface area contributed by atoms with Crippen molar-refractivity contribution < 1.29 is 19.3 Å². The molecule has 58 valence electrons. The van der Waals surface area contributed by atoms with Crippen LogP contribution in [0.3, 0.4) is 0 Å². The van der Waals surface area contributed by atoms with Gasteiger partial charge in [-0.2, -0.15) is 0 Å². The number of hydrogen-bond acceptors (Lipinski definition) is 3. The van der Waals surface area contributed by atoms with Crippen molar-refractivity contribution in [2.75, 3.05) is 0 Å². The minimum atomic E-state index is -1.57. The van der Waals surface area contributed by atoms with Crippen molar-refractivity contribution in [3.8, 4) is 0 Å². The van der Waals surface area contributed by atoms with E-state index in [2.05, 4.69) is 4.65 Å². The van der Waals surface area contributed by atoms with Crippen LogP contribution in [0, 0.1) is 0 Å². The Hall–Kier alpha value is 0.732. The standard InChI is InChI=1S/C2H3BO4.2Al.BH3.Li.7H/c3-7-2(6)1(4)5;;;;;;;;;;;/h3H2,(H,4,5);;;1H3;;;;;;;;. The maximum atomic E-state index is 9.69. The molecule has 0 bridgehead atoms. The van der Waals surface area contributed by atoms with Gasteiger partial charge in [0.15, 0.2) is 34.7 Å². The molecule has 1 N–H and O–H groups in total. The fraction of sp³-hybridized carbons (Fsp3) is 0. The first-order valence-corrected chi connectivity index (χ1v) is 1.49. The van der Waals surface area contributed by atoms with Crippen LogP contribution < -0.4 is 0 Å². The Morgan fingerprint density at radius 2 is 1.55 bits per heavy atom. The van der Waals surface area contributed by atoms with Gasteiger partial charge in [-0.15, -0.1) is 0 Å². The third-order valence-electron chi connectivity index (χ3n) is 0.360. The van der Waals surface area contributed by atoms with Crippen LogP contribution in [0.4, 0.5) is 0 Å². The summed E-state index contributed by atoms with van der Waals surface area (Å²) in [5.74, 6) is -2.80. The Kier molecular flexibility index (Phi) is 46.1. The molecule has 0 rings (SSSR count). The Morgan fingerprint density at radius 1 is 1.27 bits per heavy atom. The predicted octanol–water partition coefficient (Wildman–Crippen LogP) is -6.04. The Labute approximate surface area is 101 Å². The fourth-order valence-electron chi connectivity index (χ4n) is 0.0873. The molecular weight excluding hydrogens is 171 g/mol. The predicted molar refractivity (Wildman–Crippen MR) is 59.2 cm³/mol. The maximum absolute atomic E-state index is 9.69. The van der Waals surface area contributed by atoms with Crippen molar-refractivity contribution in [3.63, 3.8) is 0 Å². The van der Waals surface area contributed by atoms with E-state index in [0.29, 0.717) is 0 Å². The molecule has 0 saturated heterocycles. The van der Waals surface area contributed by atoms with Gasteiger partial charge in [0.1, 0.15) is 0 Å². The van der Waals surface area contributed by atoms with E-state index in [4.69, 9.17) is 5.11 Å². The average molecular weight is 184 g/mol. The first-order chi connectivity index (χ1) is 3.18. The number of aliphatic carboxylic acids is 1. The van der Waals surface area contributed by atoms with Crippen LogP contribution >= 0.6 is 0 Å². The van der Waals surface area contributed by atoms with Gasteiger partial charge in [0, 0.05) is 0 Å². The zero-order valence-electron chi connectivity index (χ0n) is 3.67. The second-order valence-electron chi connectivity index (χ2n) is 0.797. The molecule has 0 aromatic heterocycles. The van der Waals surface area contributed by atoms with Gasteiger partial charge in [-0.05, 0) is 0 Å². The molecule has 0 unspecified atom stereocenters. The third kappa shape index (κ3) is 18.1. The molecule has 0 aromatic rings. The second-order valence-corrected chi connectivity index (χ2v) is 0.797. The summed E-state index contributed by atoms with van der Waals surface area (Å²) in [7, 11) is 1.01. The fourth-order valence-corrected chi connectivity index (χ4v) is 0.0873. The average Bonchev–Trinajstić information content (AvgIpc) is 1.65. The molecule has 0 fully saturated rings. The Morgan fingerprint density at radius 3 is 1.55 bits per heavy atom. The van der Waals surface area contributed by atoms with Crippen LogP contribution in [-0.4, -0.2) is 87.1 Å². The summed E-state index contributed by atoms with van der Waals surface area (Å²) in [5, 5.41) is 7.71. The molecule has 0 saturated carbocycles. The van der Waals surface area contributed by atoms with Crippen LogP contribution in [0.15, 0.2) is 0 Å². The normalized spacial score (nSPS) is 4.73. The summed E-state index contributed by atoms with van der Waals surface area (Å²) in [6.45, 7) is 0. The zero-order valence-corrected chi connectivity index (χ0v) is 3.67. The van der Waals surface area contributed by atoms with Gasteiger partial charge >= 0.3 is 38.8 Å². The number of rotatable bonds is 0. The molecule has 0 atom stereocenters. The van der Waals surface area contributed by atoms with Crippen LogP contribution in [0.5, 0.6) is 0 Å². The molecule has 0 aliphatic carbocycles. The third-order valence-corrected chi connectivity index (χ3v) is 0.360. The summed E-state index contributed by atoms with van der Waals surface area (Å²) < 4.78 is 3.77. The summed E-state index contributed by atoms with van der Waals surface area (Å²) in [5.41, 5.74) is 0. The van der Waals surface area contributed by atoms with Crippen LogP contribution in [0.25, 0.3) is 0 Å². The SMILES string of the molecule is B.BOC(=O)C(=O)O.[AlH3].[AlH3].[LiH]. The summed E-state index contributed by atoms with van der Waals surface area (Å²) >= 11 is 0. The molecule has 0 radical (unpaired) electrons. The number of carboxylic acids is 1. The van der Waals surface area contributed by atoms with Gasteiger partial charge in [0.2, 0.25) is 0 Å². The van der Waals surface area contributed by atoms with E-state index in [1.807, 2.05) is 0 Å². The van der Waals surface area contributed by atoms with E-state index in [9.17, 15) is 9.59 Å². The first kappa shape index (κ1) is 29.8. The summed E-state index contributed by atoms with van der Waals surface area (Å²) in [6.07, 6.45) is 0. The van der Waals surface area contributed by atoms with Crippen molar-refractivity contribution in [2.45, 2.75) is 0 Å². The Balaban J connectivity index is -0.0000000300. The van der Waals surface area contributed by atoms with Gasteiger partial charge in [-0.25, -0.2) is 9.59 Å². The van der Waals surface area contributed by atoms with Crippen molar-refractivity contribution in [2.24, 2.45) is 0 Å². The first-order valence-electron chi connectivity index (χ1n) is 1.49. The number of carboxylic acid groups (broad SMARTS) is 1. The van der Waals surface area contributed by atoms with Crippen LogP contribution in [0.1, 0.15) is 0 Å². The van der Waals surface area contributed by atoms with E-state index in [0.717, 1.165) is 8.05 Å². The number of carbonyl (C=O) groups excluding carboxylic acids is 1. The summed E-state index contributed by atoms with van der Waals surface area (Å²) in [6, 6.07) is 0. The zero-order chi connectivity index (χ0) is 5.86. The van der Waals surface area contributed by atoms with E-state index in [1.54, 1.807) is 0 Å². The van der Waals surface area contributed by atoms with Crippen molar-refractivity contribution in [1.29, 1.82) is 0 Å². The molecule has 11 heavy (non-hydrogen) atoms. The van der Waals surface area contributed by atoms with Crippen molar-refractivity contribution in [1.82, 2.24) is 0 Å². The molecule has 0 aromatic carbocycles. The molecule has 0 aliphatic rings. The number of carbonyl (C=O) groups is 2. The van der Waals surface area contributed by atoms with Gasteiger partial charge in [0.25, 0.3) is 0 Å².